The Hall–Kier alpha value is -1.52. The molecule has 0 radical (unpaired) electrons. The summed E-state index contributed by atoms with van der Waals surface area (Å²) < 4.78 is 11.2. The summed E-state index contributed by atoms with van der Waals surface area (Å²) in [6, 6.07) is 8.48. The normalized spacial score (nSPS) is 13.1. The highest BCUT2D eigenvalue weighted by molar-refractivity contribution is 5.83. The Kier molecular flexibility index (Phi) is 5.04. The molecule has 0 saturated carbocycles. The molecule has 1 unspecified atom stereocenters. The van der Waals surface area contributed by atoms with E-state index in [-0.39, 0.29) is 0 Å². The SMILES string of the molecule is COc1cccc2cc(CNC(C)CCN(C)C)oc12. The van der Waals surface area contributed by atoms with E-state index >= 15 is 0 Å². The van der Waals surface area contributed by atoms with Crippen LogP contribution < -0.4 is 10.1 Å². The Morgan fingerprint density at radius 3 is 2.85 bits per heavy atom. The molecule has 1 N–H and O–H groups in total. The minimum absolute atomic E-state index is 0.465. The molecule has 20 heavy (non-hydrogen) atoms. The molecule has 0 fully saturated rings. The number of furan rings is 1. The van der Waals surface area contributed by atoms with E-state index in [0.29, 0.717) is 6.04 Å². The number of hydrogen-bond acceptors (Lipinski definition) is 4. The van der Waals surface area contributed by atoms with Gasteiger partial charge < -0.3 is 19.4 Å². The molecule has 0 spiro atoms. The lowest BCUT2D eigenvalue weighted by Gasteiger charge is -2.15. The third-order valence-electron chi connectivity index (χ3n) is 3.41. The fourth-order valence-corrected chi connectivity index (χ4v) is 2.17. The van der Waals surface area contributed by atoms with Gasteiger partial charge in [0, 0.05) is 11.4 Å². The highest BCUT2D eigenvalue weighted by Gasteiger charge is 2.09. The van der Waals surface area contributed by atoms with Crippen molar-refractivity contribution in [2.24, 2.45) is 0 Å². The number of nitrogens with one attached hydrogen (secondary N) is 1. The molecule has 1 atom stereocenters. The molecule has 110 valence electrons. The molecular formula is C16H24N2O2. The van der Waals surface area contributed by atoms with Crippen LogP contribution in [0.15, 0.2) is 28.7 Å². The molecule has 0 aliphatic rings. The number of hydrogen-bond donors (Lipinski definition) is 1. The molecule has 4 nitrogen and oxygen atoms in total. The Morgan fingerprint density at radius 1 is 1.35 bits per heavy atom. The van der Waals surface area contributed by atoms with E-state index in [0.717, 1.165) is 42.0 Å². The zero-order valence-electron chi connectivity index (χ0n) is 12.8. The van der Waals surface area contributed by atoms with E-state index < -0.39 is 0 Å². The topological polar surface area (TPSA) is 37.6 Å². The summed E-state index contributed by atoms with van der Waals surface area (Å²) in [5.74, 6) is 1.73. The lowest BCUT2D eigenvalue weighted by molar-refractivity contribution is 0.359. The van der Waals surface area contributed by atoms with E-state index in [1.54, 1.807) is 7.11 Å². The highest BCUT2D eigenvalue weighted by atomic mass is 16.5. The van der Waals surface area contributed by atoms with Gasteiger partial charge in [0.25, 0.3) is 0 Å². The van der Waals surface area contributed by atoms with Gasteiger partial charge in [0.05, 0.1) is 13.7 Å². The Bertz CT molecular complexity index is 548. The first-order chi connectivity index (χ1) is 9.60. The Labute approximate surface area is 120 Å². The van der Waals surface area contributed by atoms with Gasteiger partial charge >= 0.3 is 0 Å². The second-order valence-electron chi connectivity index (χ2n) is 5.47. The Balaban J connectivity index is 1.96. The average molecular weight is 276 g/mol. The summed E-state index contributed by atoms with van der Waals surface area (Å²) in [4.78, 5) is 2.20. The van der Waals surface area contributed by atoms with Gasteiger partial charge in [0.2, 0.25) is 0 Å². The van der Waals surface area contributed by atoms with Crippen LogP contribution in [-0.2, 0) is 6.54 Å². The van der Waals surface area contributed by atoms with Crippen LogP contribution in [-0.4, -0.2) is 38.7 Å². The minimum Gasteiger partial charge on any atom is -0.493 e. The van der Waals surface area contributed by atoms with Crippen molar-refractivity contribution in [2.75, 3.05) is 27.7 Å². The maximum atomic E-state index is 5.87. The van der Waals surface area contributed by atoms with Gasteiger partial charge in [-0.1, -0.05) is 12.1 Å². The molecule has 0 aliphatic heterocycles. The van der Waals surface area contributed by atoms with Crippen LogP contribution in [0, 0.1) is 0 Å². The van der Waals surface area contributed by atoms with E-state index in [9.17, 15) is 0 Å². The van der Waals surface area contributed by atoms with E-state index in [4.69, 9.17) is 9.15 Å². The monoisotopic (exact) mass is 276 g/mol. The predicted octanol–water partition coefficient (Wildman–Crippen LogP) is 2.87. The zero-order valence-corrected chi connectivity index (χ0v) is 12.8. The summed E-state index contributed by atoms with van der Waals surface area (Å²) in [7, 11) is 5.86. The van der Waals surface area contributed by atoms with Gasteiger partial charge in [0.1, 0.15) is 5.76 Å². The van der Waals surface area contributed by atoms with Crippen molar-refractivity contribution < 1.29 is 9.15 Å². The summed E-state index contributed by atoms with van der Waals surface area (Å²) in [5, 5.41) is 4.58. The summed E-state index contributed by atoms with van der Waals surface area (Å²) in [6.45, 7) is 4.03. The second-order valence-corrected chi connectivity index (χ2v) is 5.47. The Morgan fingerprint density at radius 2 is 2.15 bits per heavy atom. The first kappa shape index (κ1) is 14.9. The lowest BCUT2D eigenvalue weighted by atomic mass is 10.2. The van der Waals surface area contributed by atoms with Gasteiger partial charge in [-0.05, 0) is 46.1 Å². The second kappa shape index (κ2) is 6.77. The maximum Gasteiger partial charge on any atom is 0.176 e. The summed E-state index contributed by atoms with van der Waals surface area (Å²) in [5.41, 5.74) is 0.827. The maximum absolute atomic E-state index is 5.87. The summed E-state index contributed by atoms with van der Waals surface area (Å²) >= 11 is 0. The molecule has 4 heteroatoms. The highest BCUT2D eigenvalue weighted by Crippen LogP contribution is 2.28. The minimum atomic E-state index is 0.465. The number of ether oxygens (including phenoxy) is 1. The zero-order chi connectivity index (χ0) is 14.5. The molecule has 2 aromatic rings. The van der Waals surface area contributed by atoms with Crippen molar-refractivity contribution >= 4 is 11.0 Å². The van der Waals surface area contributed by atoms with Crippen LogP contribution in [0.25, 0.3) is 11.0 Å². The van der Waals surface area contributed by atoms with Gasteiger partial charge in [-0.2, -0.15) is 0 Å². The van der Waals surface area contributed by atoms with Crippen LogP contribution in [0.2, 0.25) is 0 Å². The van der Waals surface area contributed by atoms with Crippen molar-refractivity contribution in [3.05, 3.63) is 30.0 Å². The van der Waals surface area contributed by atoms with E-state index in [1.165, 1.54) is 0 Å². The standard InChI is InChI=1S/C16H24N2O2/c1-12(8-9-18(2)3)17-11-14-10-13-6-5-7-15(19-4)16(13)20-14/h5-7,10,12,17H,8-9,11H2,1-4H3. The van der Waals surface area contributed by atoms with Gasteiger partial charge in [-0.15, -0.1) is 0 Å². The number of nitrogens with zero attached hydrogens (tertiary/aromatic N) is 1. The number of benzene rings is 1. The predicted molar refractivity (Wildman–Crippen MR) is 82.2 cm³/mol. The molecule has 0 saturated heterocycles. The first-order valence-electron chi connectivity index (χ1n) is 7.03. The van der Waals surface area contributed by atoms with Crippen molar-refractivity contribution in [2.45, 2.75) is 25.9 Å². The van der Waals surface area contributed by atoms with Crippen LogP contribution >= 0.6 is 0 Å². The van der Waals surface area contributed by atoms with Gasteiger partial charge in [-0.3, -0.25) is 0 Å². The van der Waals surface area contributed by atoms with Crippen LogP contribution in [0.1, 0.15) is 19.1 Å². The molecule has 1 aromatic heterocycles. The van der Waals surface area contributed by atoms with Crippen LogP contribution in [0.3, 0.4) is 0 Å². The average Bonchev–Trinajstić information content (AvgIpc) is 2.85. The number of fused-ring (bicyclic) bond motifs is 1. The number of methoxy groups -OCH3 is 1. The molecule has 1 heterocycles. The molecule has 2 rings (SSSR count). The van der Waals surface area contributed by atoms with Gasteiger partial charge in [-0.25, -0.2) is 0 Å². The molecule has 0 bridgehead atoms. The fourth-order valence-electron chi connectivity index (χ4n) is 2.17. The fraction of sp³-hybridized carbons (Fsp3) is 0.500. The third-order valence-corrected chi connectivity index (χ3v) is 3.41. The summed E-state index contributed by atoms with van der Waals surface area (Å²) in [6.07, 6.45) is 1.12. The quantitative estimate of drug-likeness (QED) is 0.844. The van der Waals surface area contributed by atoms with Crippen LogP contribution in [0.4, 0.5) is 0 Å². The molecule has 0 amide bonds. The molecule has 1 aromatic carbocycles. The van der Waals surface area contributed by atoms with Crippen molar-refractivity contribution in [3.8, 4) is 5.75 Å². The number of rotatable bonds is 7. The van der Waals surface area contributed by atoms with E-state index in [2.05, 4.69) is 37.3 Å². The third kappa shape index (κ3) is 3.74. The van der Waals surface area contributed by atoms with Gasteiger partial charge in [0.15, 0.2) is 11.3 Å². The van der Waals surface area contributed by atoms with Crippen molar-refractivity contribution in [1.82, 2.24) is 10.2 Å². The lowest BCUT2D eigenvalue weighted by Crippen LogP contribution is -2.29. The van der Waals surface area contributed by atoms with Crippen molar-refractivity contribution in [1.29, 1.82) is 0 Å². The molecular weight excluding hydrogens is 252 g/mol. The van der Waals surface area contributed by atoms with E-state index in [1.807, 2.05) is 18.2 Å². The smallest absolute Gasteiger partial charge is 0.176 e. The number of para-hydroxylation sites is 1. The largest absolute Gasteiger partial charge is 0.493 e. The molecule has 0 aliphatic carbocycles. The van der Waals surface area contributed by atoms with Crippen LogP contribution in [0.5, 0.6) is 5.75 Å². The van der Waals surface area contributed by atoms with Crippen molar-refractivity contribution in [3.63, 3.8) is 0 Å². The first-order valence-corrected chi connectivity index (χ1v) is 7.03.